The molecular formula is C22H24FN5O. The Hall–Kier alpha value is -3.09. The molecule has 3 aromatic rings. The van der Waals surface area contributed by atoms with Crippen molar-refractivity contribution in [1.29, 1.82) is 0 Å². The van der Waals surface area contributed by atoms with Gasteiger partial charge in [-0.1, -0.05) is 6.07 Å². The molecule has 0 saturated carbocycles. The normalized spacial score (nSPS) is 18.7. The van der Waals surface area contributed by atoms with E-state index in [1.165, 1.54) is 6.42 Å². The molecule has 0 bridgehead atoms. The molecular weight excluding hydrogens is 369 g/mol. The van der Waals surface area contributed by atoms with Crippen LogP contribution in [-0.4, -0.2) is 29.3 Å². The van der Waals surface area contributed by atoms with E-state index in [1.54, 1.807) is 12.3 Å². The summed E-state index contributed by atoms with van der Waals surface area (Å²) in [6, 6.07) is 8.73. The van der Waals surface area contributed by atoms with Crippen molar-refractivity contribution in [2.24, 2.45) is 0 Å². The molecule has 5 rings (SSSR count). The number of aromatic amines is 1. The summed E-state index contributed by atoms with van der Waals surface area (Å²) in [6.45, 7) is 1.83. The molecule has 1 atom stereocenters. The van der Waals surface area contributed by atoms with Crippen molar-refractivity contribution in [2.45, 2.75) is 38.1 Å². The smallest absolute Gasteiger partial charge is 0.319 e. The van der Waals surface area contributed by atoms with Crippen molar-refractivity contribution >= 4 is 28.3 Å². The van der Waals surface area contributed by atoms with Crippen LogP contribution in [-0.2, 0) is 6.42 Å². The van der Waals surface area contributed by atoms with E-state index in [1.807, 2.05) is 24.3 Å². The number of nitrogens with zero attached hydrogens (tertiary/aromatic N) is 2. The number of aromatic nitrogens is 2. The van der Waals surface area contributed by atoms with Crippen molar-refractivity contribution in [1.82, 2.24) is 15.5 Å². The number of nitrogens with one attached hydrogen (secondary N) is 3. The van der Waals surface area contributed by atoms with Gasteiger partial charge in [0.05, 0.1) is 29.1 Å². The van der Waals surface area contributed by atoms with Gasteiger partial charge < -0.3 is 15.5 Å². The van der Waals surface area contributed by atoms with Gasteiger partial charge in [-0.25, -0.2) is 9.18 Å². The number of amides is 2. The number of fused-ring (bicyclic) bond motifs is 2. The molecule has 0 radical (unpaired) electrons. The van der Waals surface area contributed by atoms with E-state index in [-0.39, 0.29) is 17.9 Å². The van der Waals surface area contributed by atoms with Gasteiger partial charge in [-0.3, -0.25) is 5.10 Å². The molecule has 29 heavy (non-hydrogen) atoms. The summed E-state index contributed by atoms with van der Waals surface area (Å²) >= 11 is 0. The molecule has 1 aliphatic carbocycles. The minimum Gasteiger partial charge on any atom is -0.369 e. The van der Waals surface area contributed by atoms with Crippen LogP contribution in [0.25, 0.3) is 10.9 Å². The fraction of sp³-hybridized carbons (Fsp3) is 0.364. The molecule has 1 aromatic heterocycles. The highest BCUT2D eigenvalue weighted by atomic mass is 19.1. The average molecular weight is 393 g/mol. The van der Waals surface area contributed by atoms with Gasteiger partial charge in [0.15, 0.2) is 0 Å². The van der Waals surface area contributed by atoms with E-state index in [0.717, 1.165) is 60.8 Å². The van der Waals surface area contributed by atoms with Gasteiger partial charge in [-0.05, 0) is 67.5 Å². The minimum absolute atomic E-state index is 0.182. The maximum atomic E-state index is 14.8. The number of urea groups is 1. The second-order valence-electron chi connectivity index (χ2n) is 7.88. The molecule has 2 amide bonds. The van der Waals surface area contributed by atoms with E-state index in [0.29, 0.717) is 11.4 Å². The van der Waals surface area contributed by atoms with Crippen LogP contribution in [0.2, 0.25) is 0 Å². The molecule has 150 valence electrons. The van der Waals surface area contributed by atoms with Crippen LogP contribution in [0.3, 0.4) is 0 Å². The first kappa shape index (κ1) is 18.0. The molecule has 2 aromatic carbocycles. The van der Waals surface area contributed by atoms with Crippen LogP contribution in [0, 0.1) is 5.82 Å². The maximum Gasteiger partial charge on any atom is 0.319 e. The number of benzene rings is 2. The number of hydrogen-bond donors (Lipinski definition) is 3. The van der Waals surface area contributed by atoms with Crippen LogP contribution < -0.4 is 15.5 Å². The van der Waals surface area contributed by atoms with Crippen molar-refractivity contribution < 1.29 is 9.18 Å². The first-order valence-corrected chi connectivity index (χ1v) is 10.3. The van der Waals surface area contributed by atoms with E-state index >= 15 is 0 Å². The minimum atomic E-state index is -0.294. The predicted molar refractivity (Wildman–Crippen MR) is 112 cm³/mol. The lowest BCUT2D eigenvalue weighted by Gasteiger charge is -2.29. The number of carbonyl (C=O) groups excluding carboxylic acids is 1. The third-order valence-electron chi connectivity index (χ3n) is 6.02. The van der Waals surface area contributed by atoms with Gasteiger partial charge in [0.1, 0.15) is 5.82 Å². The number of rotatable bonds is 3. The maximum absolute atomic E-state index is 14.8. The number of anilines is 2. The Morgan fingerprint density at radius 2 is 2.07 bits per heavy atom. The van der Waals surface area contributed by atoms with Gasteiger partial charge >= 0.3 is 6.03 Å². The largest absolute Gasteiger partial charge is 0.369 e. The monoisotopic (exact) mass is 393 g/mol. The summed E-state index contributed by atoms with van der Waals surface area (Å²) < 4.78 is 14.8. The van der Waals surface area contributed by atoms with Gasteiger partial charge in [0, 0.05) is 18.5 Å². The number of piperidine rings is 1. The zero-order chi connectivity index (χ0) is 19.8. The Morgan fingerprint density at radius 1 is 1.21 bits per heavy atom. The van der Waals surface area contributed by atoms with Gasteiger partial charge in [0.2, 0.25) is 0 Å². The molecule has 7 heteroatoms. The second kappa shape index (κ2) is 7.39. The topological polar surface area (TPSA) is 73.0 Å². The van der Waals surface area contributed by atoms with Gasteiger partial charge in [-0.2, -0.15) is 5.10 Å². The van der Waals surface area contributed by atoms with Crippen molar-refractivity contribution in [3.63, 3.8) is 0 Å². The Balaban J connectivity index is 1.32. The number of carbonyl (C=O) groups is 1. The van der Waals surface area contributed by atoms with E-state index in [9.17, 15) is 9.18 Å². The van der Waals surface area contributed by atoms with Crippen molar-refractivity contribution in [3.05, 3.63) is 53.5 Å². The Bertz CT molecular complexity index is 1060. The fourth-order valence-electron chi connectivity index (χ4n) is 4.54. The highest BCUT2D eigenvalue weighted by Gasteiger charge is 2.27. The van der Waals surface area contributed by atoms with Crippen LogP contribution in [0.1, 0.15) is 42.9 Å². The zero-order valence-corrected chi connectivity index (χ0v) is 16.2. The average Bonchev–Trinajstić information content (AvgIpc) is 3.36. The van der Waals surface area contributed by atoms with Crippen LogP contribution >= 0.6 is 0 Å². The Labute approximate surface area is 168 Å². The lowest BCUT2D eigenvalue weighted by Crippen LogP contribution is -2.32. The predicted octanol–water partition coefficient (Wildman–Crippen LogP) is 4.50. The molecule has 1 fully saturated rings. The second-order valence-corrected chi connectivity index (χ2v) is 7.88. The van der Waals surface area contributed by atoms with Crippen LogP contribution in [0.4, 0.5) is 20.6 Å². The van der Waals surface area contributed by atoms with Crippen molar-refractivity contribution in [2.75, 3.05) is 23.3 Å². The van der Waals surface area contributed by atoms with Crippen LogP contribution in [0.15, 0.2) is 36.5 Å². The first-order chi connectivity index (χ1) is 14.2. The van der Waals surface area contributed by atoms with E-state index < -0.39 is 0 Å². The van der Waals surface area contributed by atoms with Crippen LogP contribution in [0.5, 0.6) is 0 Å². The fourth-order valence-corrected chi connectivity index (χ4v) is 4.54. The highest BCUT2D eigenvalue weighted by molar-refractivity contribution is 6.00. The SMILES string of the molecule is O=C(Nc1cccc2[nH]ncc12)NC1CCc2cc(N3CCCCC3)c(F)cc21. The molecule has 0 spiro atoms. The zero-order valence-electron chi connectivity index (χ0n) is 16.2. The molecule has 2 heterocycles. The molecule has 3 N–H and O–H groups in total. The summed E-state index contributed by atoms with van der Waals surface area (Å²) in [7, 11) is 0. The van der Waals surface area contributed by atoms with Crippen molar-refractivity contribution in [3.8, 4) is 0 Å². The molecule has 1 aliphatic heterocycles. The summed E-state index contributed by atoms with van der Waals surface area (Å²) in [5.41, 5.74) is 4.29. The first-order valence-electron chi connectivity index (χ1n) is 10.3. The van der Waals surface area contributed by atoms with Gasteiger partial charge in [0.25, 0.3) is 0 Å². The third-order valence-corrected chi connectivity index (χ3v) is 6.02. The summed E-state index contributed by atoms with van der Waals surface area (Å²) in [4.78, 5) is 14.7. The highest BCUT2D eigenvalue weighted by Crippen LogP contribution is 2.36. The quantitative estimate of drug-likeness (QED) is 0.613. The summed E-state index contributed by atoms with van der Waals surface area (Å²) in [5.74, 6) is -0.192. The Morgan fingerprint density at radius 3 is 2.93 bits per heavy atom. The van der Waals surface area contributed by atoms with Gasteiger partial charge in [-0.15, -0.1) is 0 Å². The number of aryl methyl sites for hydroxylation is 1. The molecule has 1 saturated heterocycles. The lowest BCUT2D eigenvalue weighted by atomic mass is 10.0. The van der Waals surface area contributed by atoms with E-state index in [4.69, 9.17) is 0 Å². The number of halogens is 1. The standard InChI is InChI=1S/C22H24FN5O/c23-17-12-15-14(11-21(17)28-9-2-1-3-10-28)7-8-19(15)26-22(29)25-18-5-4-6-20-16(18)13-24-27-20/h4-6,11-13,19H,1-3,7-10H2,(H,24,27)(H2,25,26,29). The van der Waals surface area contributed by atoms with E-state index in [2.05, 4.69) is 25.7 Å². The lowest BCUT2D eigenvalue weighted by molar-refractivity contribution is 0.248. The number of hydrogen-bond acceptors (Lipinski definition) is 3. The molecule has 2 aliphatic rings. The Kier molecular flexibility index (Phi) is 4.58. The number of H-pyrrole nitrogens is 1. The summed E-state index contributed by atoms with van der Waals surface area (Å²) in [5, 5.41) is 13.7. The summed E-state index contributed by atoms with van der Waals surface area (Å²) in [6.07, 6.45) is 6.76. The molecule has 1 unspecified atom stereocenters. The third kappa shape index (κ3) is 3.41. The molecule has 6 nitrogen and oxygen atoms in total.